The van der Waals surface area contributed by atoms with Crippen LogP contribution in [0.25, 0.3) is 0 Å². The second-order valence-electron chi connectivity index (χ2n) is 2.72. The van der Waals surface area contributed by atoms with Crippen LogP contribution >= 0.6 is 11.3 Å². The number of thiophene rings is 1. The normalized spacial score (nSPS) is 12.3. The molecule has 0 saturated heterocycles. The van der Waals surface area contributed by atoms with Gasteiger partial charge in [-0.2, -0.15) is 5.26 Å². The number of hydrogen-bond donors (Lipinski definition) is 1. The Bertz CT molecular complexity index is 248. The summed E-state index contributed by atoms with van der Waals surface area (Å²) in [4.78, 5) is 1.37. The zero-order valence-corrected chi connectivity index (χ0v) is 7.90. The molecule has 0 aliphatic carbocycles. The van der Waals surface area contributed by atoms with Crippen LogP contribution in [0.15, 0.2) is 17.5 Å². The van der Waals surface area contributed by atoms with E-state index in [4.69, 9.17) is 5.26 Å². The maximum absolute atomic E-state index is 8.33. The minimum absolute atomic E-state index is 0.392. The highest BCUT2D eigenvalue weighted by Gasteiger charge is 2.01. The van der Waals surface area contributed by atoms with Crippen LogP contribution in [-0.4, -0.2) is 12.6 Å². The average molecular weight is 180 g/mol. The van der Waals surface area contributed by atoms with Crippen molar-refractivity contribution in [2.24, 2.45) is 0 Å². The summed E-state index contributed by atoms with van der Waals surface area (Å²) in [6.45, 7) is 2.53. The van der Waals surface area contributed by atoms with E-state index in [1.54, 1.807) is 11.3 Å². The predicted molar refractivity (Wildman–Crippen MR) is 51.1 cm³/mol. The van der Waals surface area contributed by atoms with Crippen LogP contribution in [0.1, 0.15) is 11.8 Å². The molecule has 0 spiro atoms. The van der Waals surface area contributed by atoms with E-state index in [-0.39, 0.29) is 0 Å². The molecule has 0 fully saturated rings. The standard InChI is InChI=1S/C9H12N2S/c1-8(11-5-4-10)7-9-3-2-6-12-9/h2-3,6,8,11H,5,7H2,1H3. The molecule has 1 unspecified atom stereocenters. The van der Waals surface area contributed by atoms with Gasteiger partial charge in [-0.05, 0) is 24.8 Å². The van der Waals surface area contributed by atoms with E-state index in [2.05, 4.69) is 35.8 Å². The lowest BCUT2D eigenvalue weighted by Crippen LogP contribution is -2.27. The van der Waals surface area contributed by atoms with Crippen LogP contribution < -0.4 is 5.32 Å². The second-order valence-corrected chi connectivity index (χ2v) is 3.76. The zero-order chi connectivity index (χ0) is 8.81. The molecule has 12 heavy (non-hydrogen) atoms. The van der Waals surface area contributed by atoms with Gasteiger partial charge < -0.3 is 5.32 Å². The Balaban J connectivity index is 2.28. The van der Waals surface area contributed by atoms with Gasteiger partial charge in [0.1, 0.15) is 0 Å². The topological polar surface area (TPSA) is 35.8 Å². The Hall–Kier alpha value is -0.850. The number of rotatable bonds is 4. The lowest BCUT2D eigenvalue weighted by atomic mass is 10.2. The van der Waals surface area contributed by atoms with E-state index >= 15 is 0 Å². The van der Waals surface area contributed by atoms with Crippen LogP contribution in [0, 0.1) is 11.3 Å². The van der Waals surface area contributed by atoms with Gasteiger partial charge in [0, 0.05) is 10.9 Å². The zero-order valence-electron chi connectivity index (χ0n) is 7.08. The van der Waals surface area contributed by atoms with Gasteiger partial charge in [-0.1, -0.05) is 6.07 Å². The molecule has 1 atom stereocenters. The van der Waals surface area contributed by atoms with E-state index in [0.29, 0.717) is 12.6 Å². The van der Waals surface area contributed by atoms with Gasteiger partial charge in [0.05, 0.1) is 12.6 Å². The summed E-state index contributed by atoms with van der Waals surface area (Å²) in [5.41, 5.74) is 0. The van der Waals surface area contributed by atoms with Gasteiger partial charge >= 0.3 is 0 Å². The Kier molecular flexibility index (Phi) is 3.78. The fourth-order valence-electron chi connectivity index (χ4n) is 1.02. The summed E-state index contributed by atoms with van der Waals surface area (Å²) in [6.07, 6.45) is 1.01. The van der Waals surface area contributed by atoms with Crippen LogP contribution in [0.2, 0.25) is 0 Å². The number of nitriles is 1. The Morgan fingerprint density at radius 3 is 3.17 bits per heavy atom. The van der Waals surface area contributed by atoms with Gasteiger partial charge in [-0.15, -0.1) is 11.3 Å². The Morgan fingerprint density at radius 2 is 2.58 bits per heavy atom. The molecular formula is C9H12N2S. The predicted octanol–water partition coefficient (Wildman–Crippen LogP) is 1.79. The van der Waals surface area contributed by atoms with Gasteiger partial charge in [0.15, 0.2) is 0 Å². The van der Waals surface area contributed by atoms with Crippen molar-refractivity contribution >= 4 is 11.3 Å². The Morgan fingerprint density at radius 1 is 1.75 bits per heavy atom. The smallest absolute Gasteiger partial charge is 0.0843 e. The van der Waals surface area contributed by atoms with Crippen molar-refractivity contribution in [1.29, 1.82) is 5.26 Å². The lowest BCUT2D eigenvalue weighted by Gasteiger charge is -2.08. The summed E-state index contributed by atoms with van der Waals surface area (Å²) in [6, 6.07) is 6.64. The van der Waals surface area contributed by atoms with Gasteiger partial charge in [-0.25, -0.2) is 0 Å². The molecule has 0 aromatic carbocycles. The fraction of sp³-hybridized carbons (Fsp3) is 0.444. The second kappa shape index (κ2) is 4.91. The van der Waals surface area contributed by atoms with E-state index in [9.17, 15) is 0 Å². The monoisotopic (exact) mass is 180 g/mol. The lowest BCUT2D eigenvalue weighted by molar-refractivity contribution is 0.587. The maximum atomic E-state index is 8.33. The van der Waals surface area contributed by atoms with Crippen LogP contribution in [0.3, 0.4) is 0 Å². The highest BCUT2D eigenvalue weighted by molar-refractivity contribution is 7.09. The summed E-state index contributed by atoms with van der Waals surface area (Å²) >= 11 is 1.76. The molecule has 0 radical (unpaired) electrons. The third kappa shape index (κ3) is 3.04. The van der Waals surface area contributed by atoms with Crippen LogP contribution in [0.4, 0.5) is 0 Å². The van der Waals surface area contributed by atoms with E-state index in [1.807, 2.05) is 0 Å². The molecular weight excluding hydrogens is 168 g/mol. The summed E-state index contributed by atoms with van der Waals surface area (Å²) in [5, 5.41) is 13.5. The van der Waals surface area contributed by atoms with Crippen LogP contribution in [0.5, 0.6) is 0 Å². The van der Waals surface area contributed by atoms with Crippen molar-refractivity contribution in [1.82, 2.24) is 5.32 Å². The first-order valence-electron chi connectivity index (χ1n) is 3.95. The molecule has 3 heteroatoms. The number of nitrogens with zero attached hydrogens (tertiary/aromatic N) is 1. The quantitative estimate of drug-likeness (QED) is 0.717. The summed E-state index contributed by atoms with van der Waals surface area (Å²) in [5.74, 6) is 0. The van der Waals surface area contributed by atoms with E-state index in [1.165, 1.54) is 4.88 Å². The molecule has 1 rings (SSSR count). The number of hydrogen-bond acceptors (Lipinski definition) is 3. The molecule has 2 nitrogen and oxygen atoms in total. The minimum Gasteiger partial charge on any atom is -0.302 e. The largest absolute Gasteiger partial charge is 0.302 e. The molecule has 0 bridgehead atoms. The number of nitrogens with one attached hydrogen (secondary N) is 1. The fourth-order valence-corrected chi connectivity index (χ4v) is 1.86. The van der Waals surface area contributed by atoms with Gasteiger partial charge in [0.2, 0.25) is 0 Å². The molecule has 1 N–H and O–H groups in total. The highest BCUT2D eigenvalue weighted by atomic mass is 32.1. The molecule has 0 amide bonds. The molecule has 0 aliphatic rings. The third-order valence-electron chi connectivity index (χ3n) is 1.62. The first-order valence-corrected chi connectivity index (χ1v) is 4.83. The molecule has 1 aromatic heterocycles. The van der Waals surface area contributed by atoms with Gasteiger partial charge in [0.25, 0.3) is 0 Å². The van der Waals surface area contributed by atoms with Crippen molar-refractivity contribution in [3.05, 3.63) is 22.4 Å². The highest BCUT2D eigenvalue weighted by Crippen LogP contribution is 2.10. The minimum atomic E-state index is 0.392. The van der Waals surface area contributed by atoms with Crippen molar-refractivity contribution in [3.63, 3.8) is 0 Å². The van der Waals surface area contributed by atoms with Crippen molar-refractivity contribution < 1.29 is 0 Å². The van der Waals surface area contributed by atoms with Crippen LogP contribution in [-0.2, 0) is 6.42 Å². The van der Waals surface area contributed by atoms with E-state index < -0.39 is 0 Å². The third-order valence-corrected chi connectivity index (χ3v) is 2.52. The average Bonchev–Trinajstić information content (AvgIpc) is 2.53. The maximum Gasteiger partial charge on any atom is 0.0843 e. The molecule has 0 aliphatic heterocycles. The first kappa shape index (κ1) is 9.24. The molecule has 0 saturated carbocycles. The van der Waals surface area contributed by atoms with Crippen molar-refractivity contribution in [2.75, 3.05) is 6.54 Å². The Labute approximate surface area is 76.8 Å². The van der Waals surface area contributed by atoms with Crippen molar-refractivity contribution in [3.8, 4) is 6.07 Å². The molecule has 1 aromatic rings. The summed E-state index contributed by atoms with van der Waals surface area (Å²) in [7, 11) is 0. The SMILES string of the molecule is CC(Cc1cccs1)NCC#N. The van der Waals surface area contributed by atoms with Gasteiger partial charge in [-0.3, -0.25) is 0 Å². The molecule has 1 heterocycles. The first-order chi connectivity index (χ1) is 5.83. The molecule has 64 valence electrons. The van der Waals surface area contributed by atoms with E-state index in [0.717, 1.165) is 6.42 Å². The van der Waals surface area contributed by atoms with Crippen molar-refractivity contribution in [2.45, 2.75) is 19.4 Å². The summed E-state index contributed by atoms with van der Waals surface area (Å²) < 4.78 is 0.